The highest BCUT2D eigenvalue weighted by atomic mass is 16.5. The standard InChI is InChI=1S/C28H33NO5/c1-5-6-7-15-33-21-11-9-20(10-12-21)24-23-25(30)22-17-18(2)16-19(3)26(22)34-27(23)28(31)29(24)13-8-14-32-4/h9-12,16-17,24H,5-8,13-15H2,1-4H3. The molecule has 4 rings (SSSR count). The highest BCUT2D eigenvalue weighted by molar-refractivity contribution is 5.99. The van der Waals surface area contributed by atoms with E-state index in [1.807, 2.05) is 50.2 Å². The molecular formula is C28H33NO5. The fraction of sp³-hybridized carbons (Fsp3) is 0.429. The van der Waals surface area contributed by atoms with E-state index in [0.29, 0.717) is 42.7 Å². The molecular weight excluding hydrogens is 430 g/mol. The summed E-state index contributed by atoms with van der Waals surface area (Å²) in [5.41, 5.74) is 3.45. The summed E-state index contributed by atoms with van der Waals surface area (Å²) in [6, 6.07) is 11.0. The van der Waals surface area contributed by atoms with Crippen LogP contribution in [0.5, 0.6) is 5.75 Å². The molecule has 34 heavy (non-hydrogen) atoms. The van der Waals surface area contributed by atoms with E-state index in [4.69, 9.17) is 13.9 Å². The van der Waals surface area contributed by atoms with E-state index in [1.54, 1.807) is 12.0 Å². The van der Waals surface area contributed by atoms with Crippen LogP contribution in [0.15, 0.2) is 45.6 Å². The molecule has 0 spiro atoms. The zero-order valence-electron chi connectivity index (χ0n) is 20.5. The van der Waals surface area contributed by atoms with Crippen molar-refractivity contribution in [2.24, 2.45) is 0 Å². The number of unbranched alkanes of at least 4 members (excludes halogenated alkanes) is 2. The van der Waals surface area contributed by atoms with Crippen LogP contribution in [0.3, 0.4) is 0 Å². The van der Waals surface area contributed by atoms with Crippen molar-refractivity contribution in [3.05, 3.63) is 74.6 Å². The summed E-state index contributed by atoms with van der Waals surface area (Å²) in [7, 11) is 1.64. The van der Waals surface area contributed by atoms with Gasteiger partial charge in [0.1, 0.15) is 11.3 Å². The van der Waals surface area contributed by atoms with Crippen LogP contribution in [0.4, 0.5) is 0 Å². The number of rotatable bonds is 10. The van der Waals surface area contributed by atoms with E-state index >= 15 is 0 Å². The second kappa shape index (κ2) is 10.4. The fourth-order valence-electron chi connectivity index (χ4n) is 4.72. The third-order valence-electron chi connectivity index (χ3n) is 6.36. The van der Waals surface area contributed by atoms with Crippen molar-refractivity contribution in [2.75, 3.05) is 26.9 Å². The molecule has 0 saturated carbocycles. The Morgan fingerprint density at radius 1 is 1.00 bits per heavy atom. The molecule has 3 aromatic rings. The van der Waals surface area contributed by atoms with E-state index in [-0.39, 0.29) is 17.1 Å². The van der Waals surface area contributed by atoms with Crippen molar-refractivity contribution in [2.45, 2.75) is 52.5 Å². The van der Waals surface area contributed by atoms with Crippen LogP contribution in [0.25, 0.3) is 11.0 Å². The summed E-state index contributed by atoms with van der Waals surface area (Å²) in [6.45, 7) is 7.69. The van der Waals surface area contributed by atoms with Gasteiger partial charge < -0.3 is 18.8 Å². The molecule has 0 radical (unpaired) electrons. The zero-order chi connectivity index (χ0) is 24.2. The highest BCUT2D eigenvalue weighted by Crippen LogP contribution is 2.39. The van der Waals surface area contributed by atoms with Gasteiger partial charge in [0.15, 0.2) is 5.43 Å². The molecule has 1 unspecified atom stereocenters. The second-order valence-corrected chi connectivity index (χ2v) is 9.00. The van der Waals surface area contributed by atoms with Crippen LogP contribution < -0.4 is 10.2 Å². The average molecular weight is 464 g/mol. The van der Waals surface area contributed by atoms with E-state index < -0.39 is 6.04 Å². The lowest BCUT2D eigenvalue weighted by Crippen LogP contribution is -2.31. The largest absolute Gasteiger partial charge is 0.494 e. The molecule has 1 aliphatic rings. The lowest BCUT2D eigenvalue weighted by Gasteiger charge is -2.25. The highest BCUT2D eigenvalue weighted by Gasteiger charge is 2.42. The van der Waals surface area contributed by atoms with Gasteiger partial charge in [-0.25, -0.2) is 0 Å². The van der Waals surface area contributed by atoms with Gasteiger partial charge in [0.05, 0.1) is 23.6 Å². The predicted molar refractivity (Wildman–Crippen MR) is 133 cm³/mol. The summed E-state index contributed by atoms with van der Waals surface area (Å²) in [4.78, 5) is 28.9. The third kappa shape index (κ3) is 4.60. The molecule has 6 nitrogen and oxygen atoms in total. The number of ether oxygens (including phenoxy) is 2. The lowest BCUT2D eigenvalue weighted by molar-refractivity contribution is 0.0708. The molecule has 0 N–H and O–H groups in total. The maximum atomic E-state index is 13.7. The smallest absolute Gasteiger partial charge is 0.290 e. The van der Waals surface area contributed by atoms with Gasteiger partial charge in [-0.15, -0.1) is 0 Å². The molecule has 2 heterocycles. The lowest BCUT2D eigenvalue weighted by atomic mass is 9.97. The maximum Gasteiger partial charge on any atom is 0.290 e. The number of carbonyl (C=O) groups excluding carboxylic acids is 1. The summed E-state index contributed by atoms with van der Waals surface area (Å²) in [5.74, 6) is 0.675. The molecule has 1 atom stereocenters. The van der Waals surface area contributed by atoms with E-state index in [0.717, 1.165) is 41.7 Å². The Bertz CT molecular complexity index is 1230. The first-order valence-corrected chi connectivity index (χ1v) is 12.1. The first kappa shape index (κ1) is 24.0. The van der Waals surface area contributed by atoms with Gasteiger partial charge in [0.25, 0.3) is 5.91 Å². The van der Waals surface area contributed by atoms with Crippen LogP contribution in [0.1, 0.15) is 71.5 Å². The Morgan fingerprint density at radius 3 is 2.47 bits per heavy atom. The van der Waals surface area contributed by atoms with Crippen LogP contribution in [-0.2, 0) is 4.74 Å². The summed E-state index contributed by atoms with van der Waals surface area (Å²) in [5, 5.41) is 0.517. The number of hydrogen-bond acceptors (Lipinski definition) is 5. The van der Waals surface area contributed by atoms with Gasteiger partial charge in [0, 0.05) is 20.3 Å². The van der Waals surface area contributed by atoms with Crippen molar-refractivity contribution in [1.82, 2.24) is 4.90 Å². The molecule has 1 aliphatic heterocycles. The molecule has 2 aromatic carbocycles. The van der Waals surface area contributed by atoms with Crippen LogP contribution in [-0.4, -0.2) is 37.7 Å². The average Bonchev–Trinajstić information content (AvgIpc) is 3.10. The molecule has 1 aromatic heterocycles. The minimum absolute atomic E-state index is 0.143. The van der Waals surface area contributed by atoms with Gasteiger partial charge in [-0.3, -0.25) is 9.59 Å². The number of hydrogen-bond donors (Lipinski definition) is 0. The quantitative estimate of drug-likeness (QED) is 0.368. The Kier molecular flexibility index (Phi) is 7.37. The van der Waals surface area contributed by atoms with E-state index in [1.165, 1.54) is 0 Å². The van der Waals surface area contributed by atoms with E-state index in [2.05, 4.69) is 6.92 Å². The Labute approximate surface area is 200 Å². The number of fused-ring (bicyclic) bond motifs is 2. The molecule has 180 valence electrons. The minimum atomic E-state index is -0.505. The summed E-state index contributed by atoms with van der Waals surface area (Å²) in [6.07, 6.45) is 3.96. The number of amides is 1. The molecule has 6 heteroatoms. The topological polar surface area (TPSA) is 69.0 Å². The van der Waals surface area contributed by atoms with Crippen LogP contribution >= 0.6 is 0 Å². The number of methoxy groups -OCH3 is 1. The predicted octanol–water partition coefficient (Wildman–Crippen LogP) is 5.56. The van der Waals surface area contributed by atoms with E-state index in [9.17, 15) is 9.59 Å². The number of benzene rings is 2. The fourth-order valence-corrected chi connectivity index (χ4v) is 4.72. The summed E-state index contributed by atoms with van der Waals surface area (Å²) >= 11 is 0. The Morgan fingerprint density at radius 2 is 1.76 bits per heavy atom. The Hall–Kier alpha value is -3.12. The van der Waals surface area contributed by atoms with Gasteiger partial charge in [-0.05, 0) is 61.6 Å². The van der Waals surface area contributed by atoms with Crippen LogP contribution in [0.2, 0.25) is 0 Å². The van der Waals surface area contributed by atoms with Crippen LogP contribution in [0, 0.1) is 13.8 Å². The van der Waals surface area contributed by atoms with Gasteiger partial charge in [-0.2, -0.15) is 0 Å². The number of aryl methyl sites for hydroxylation is 2. The molecule has 0 aliphatic carbocycles. The van der Waals surface area contributed by atoms with Crippen molar-refractivity contribution in [1.29, 1.82) is 0 Å². The molecule has 0 saturated heterocycles. The van der Waals surface area contributed by atoms with Gasteiger partial charge in [0.2, 0.25) is 5.76 Å². The Balaban J connectivity index is 1.76. The minimum Gasteiger partial charge on any atom is -0.494 e. The molecule has 0 bridgehead atoms. The third-order valence-corrected chi connectivity index (χ3v) is 6.36. The summed E-state index contributed by atoms with van der Waals surface area (Å²) < 4.78 is 17.2. The first-order valence-electron chi connectivity index (χ1n) is 12.1. The van der Waals surface area contributed by atoms with Gasteiger partial charge in [-0.1, -0.05) is 38.0 Å². The molecule has 0 fully saturated rings. The van der Waals surface area contributed by atoms with Crippen molar-refractivity contribution < 1.29 is 18.7 Å². The second-order valence-electron chi connectivity index (χ2n) is 9.00. The first-order chi connectivity index (χ1) is 16.5. The normalized spacial score (nSPS) is 15.2. The maximum absolute atomic E-state index is 13.7. The van der Waals surface area contributed by atoms with Crippen molar-refractivity contribution in [3.63, 3.8) is 0 Å². The van der Waals surface area contributed by atoms with Crippen molar-refractivity contribution in [3.8, 4) is 5.75 Å². The van der Waals surface area contributed by atoms with Crippen molar-refractivity contribution >= 4 is 16.9 Å². The van der Waals surface area contributed by atoms with Gasteiger partial charge >= 0.3 is 0 Å². The SMILES string of the molecule is CCCCCOc1ccc(C2c3c(oc4c(C)cc(C)cc4c3=O)C(=O)N2CCCOC)cc1. The zero-order valence-corrected chi connectivity index (χ0v) is 20.5. The number of nitrogens with zero attached hydrogens (tertiary/aromatic N) is 1. The number of carbonyl (C=O) groups is 1. The monoisotopic (exact) mass is 463 g/mol. The molecule has 1 amide bonds.